The second-order valence-corrected chi connectivity index (χ2v) is 6.75. The molecule has 26 heavy (non-hydrogen) atoms. The van der Waals surface area contributed by atoms with Crippen molar-refractivity contribution in [1.29, 1.82) is 0 Å². The number of likely N-dealkylation sites (tertiary alicyclic amines) is 1. The first-order valence-corrected chi connectivity index (χ1v) is 8.65. The molecule has 1 aromatic heterocycles. The van der Waals surface area contributed by atoms with E-state index >= 15 is 0 Å². The molecule has 3 N–H and O–H groups in total. The summed E-state index contributed by atoms with van der Waals surface area (Å²) >= 11 is 0. The van der Waals surface area contributed by atoms with Crippen molar-refractivity contribution in [2.45, 2.75) is 58.0 Å². The molecule has 1 fully saturated rings. The van der Waals surface area contributed by atoms with Gasteiger partial charge in [-0.2, -0.15) is 0 Å². The van der Waals surface area contributed by atoms with Gasteiger partial charge < -0.3 is 15.4 Å². The highest BCUT2D eigenvalue weighted by Crippen LogP contribution is 2.31. The summed E-state index contributed by atoms with van der Waals surface area (Å²) in [7, 11) is 0. The van der Waals surface area contributed by atoms with E-state index in [0.717, 1.165) is 18.7 Å². The summed E-state index contributed by atoms with van der Waals surface area (Å²) in [5, 5.41) is 12.5. The average Bonchev–Trinajstić information content (AvgIpc) is 3.15. The lowest BCUT2D eigenvalue weighted by atomic mass is 9.95. The largest absolute Gasteiger partial charge is 0.480 e. The van der Waals surface area contributed by atoms with Crippen LogP contribution in [0.1, 0.15) is 51.8 Å². The highest BCUT2D eigenvalue weighted by molar-refractivity contribution is 5.85. The van der Waals surface area contributed by atoms with Gasteiger partial charge in [0.15, 0.2) is 0 Å². The smallest absolute Gasteiger partial charge is 0.320 e. The maximum atomic E-state index is 11.7. The fourth-order valence-electron chi connectivity index (χ4n) is 3.67. The van der Waals surface area contributed by atoms with Gasteiger partial charge in [-0.15, -0.1) is 24.8 Å². The van der Waals surface area contributed by atoms with E-state index in [2.05, 4.69) is 22.2 Å². The van der Waals surface area contributed by atoms with E-state index in [9.17, 15) is 14.7 Å². The zero-order valence-electron chi connectivity index (χ0n) is 15.5. The molecule has 0 bridgehead atoms. The van der Waals surface area contributed by atoms with Gasteiger partial charge in [-0.3, -0.25) is 14.5 Å². The number of halogens is 2. The van der Waals surface area contributed by atoms with Crippen LogP contribution in [-0.4, -0.2) is 57.0 Å². The Labute approximate surface area is 167 Å². The molecule has 3 unspecified atom stereocenters. The summed E-state index contributed by atoms with van der Waals surface area (Å²) in [5.41, 5.74) is 0. The number of aromatic nitrogens is 2. The third kappa shape index (κ3) is 6.45. The first-order valence-electron chi connectivity index (χ1n) is 8.65. The van der Waals surface area contributed by atoms with Crippen molar-refractivity contribution in [3.63, 3.8) is 0 Å². The standard InChI is InChI=1S/C17H28N4O3.2ClH/c1-4-5-13(11(2)20-12(3)22)9-21-10-14(8-15(21)17(23)24)16-18-6-7-19-16;;/h6-7,11,13-15H,4-5,8-10H2,1-3H3,(H,18,19)(H,20,22)(H,23,24);2*1H/t11?,13-,14?,15?;;/m0../s1. The molecule has 4 atom stereocenters. The van der Waals surface area contributed by atoms with Crippen LogP contribution in [0.5, 0.6) is 0 Å². The van der Waals surface area contributed by atoms with Gasteiger partial charge in [-0.05, 0) is 25.7 Å². The second kappa shape index (κ2) is 11.4. The van der Waals surface area contributed by atoms with E-state index in [-0.39, 0.29) is 48.6 Å². The number of amides is 1. The number of carboxylic acid groups (broad SMARTS) is 1. The fourth-order valence-corrected chi connectivity index (χ4v) is 3.67. The minimum absolute atomic E-state index is 0. The van der Waals surface area contributed by atoms with E-state index in [1.54, 1.807) is 12.4 Å². The topological polar surface area (TPSA) is 98.3 Å². The van der Waals surface area contributed by atoms with Gasteiger partial charge in [-0.25, -0.2) is 4.98 Å². The Hall–Kier alpha value is -1.31. The quantitative estimate of drug-likeness (QED) is 0.613. The second-order valence-electron chi connectivity index (χ2n) is 6.75. The summed E-state index contributed by atoms with van der Waals surface area (Å²) < 4.78 is 0. The van der Waals surface area contributed by atoms with E-state index in [1.807, 2.05) is 11.8 Å². The Kier molecular flexibility index (Phi) is 10.8. The van der Waals surface area contributed by atoms with Crippen LogP contribution in [0, 0.1) is 5.92 Å². The van der Waals surface area contributed by atoms with Crippen LogP contribution in [0.3, 0.4) is 0 Å². The minimum Gasteiger partial charge on any atom is -0.480 e. The Balaban J connectivity index is 0.00000312. The van der Waals surface area contributed by atoms with Crippen LogP contribution in [0.25, 0.3) is 0 Å². The van der Waals surface area contributed by atoms with Crippen LogP contribution in [0.15, 0.2) is 12.4 Å². The SMILES string of the molecule is CCC[C@@H](CN1CC(c2ncc[nH]2)CC1C(=O)O)C(C)NC(C)=O.Cl.Cl. The number of carboxylic acids is 1. The van der Waals surface area contributed by atoms with Gasteiger partial charge in [0.2, 0.25) is 5.91 Å². The zero-order valence-corrected chi connectivity index (χ0v) is 17.1. The number of rotatable bonds is 8. The lowest BCUT2D eigenvalue weighted by Gasteiger charge is -2.30. The summed E-state index contributed by atoms with van der Waals surface area (Å²) in [4.78, 5) is 32.4. The number of carbonyl (C=O) groups is 2. The zero-order chi connectivity index (χ0) is 17.7. The predicted molar refractivity (Wildman–Crippen MR) is 105 cm³/mol. The maximum Gasteiger partial charge on any atom is 0.320 e. The van der Waals surface area contributed by atoms with Crippen molar-refractivity contribution < 1.29 is 14.7 Å². The van der Waals surface area contributed by atoms with Gasteiger partial charge in [0.25, 0.3) is 0 Å². The molecular weight excluding hydrogens is 379 g/mol. The van der Waals surface area contributed by atoms with Crippen LogP contribution in [-0.2, 0) is 9.59 Å². The molecule has 0 radical (unpaired) electrons. The predicted octanol–water partition coefficient (Wildman–Crippen LogP) is 2.44. The molecule has 0 saturated carbocycles. The number of aromatic amines is 1. The molecule has 9 heteroatoms. The van der Waals surface area contributed by atoms with Crippen molar-refractivity contribution in [3.8, 4) is 0 Å². The number of nitrogens with zero attached hydrogens (tertiary/aromatic N) is 2. The molecule has 1 aliphatic heterocycles. The molecular formula is C17H30Cl2N4O3. The normalized spacial score (nSPS) is 22.0. The molecule has 1 amide bonds. The number of carbonyl (C=O) groups excluding carboxylic acids is 1. The van der Waals surface area contributed by atoms with Crippen molar-refractivity contribution in [2.24, 2.45) is 5.92 Å². The van der Waals surface area contributed by atoms with Gasteiger partial charge in [0.1, 0.15) is 11.9 Å². The van der Waals surface area contributed by atoms with Crippen molar-refractivity contribution in [2.75, 3.05) is 13.1 Å². The van der Waals surface area contributed by atoms with Gasteiger partial charge in [-0.1, -0.05) is 13.3 Å². The first kappa shape index (κ1) is 24.7. The molecule has 7 nitrogen and oxygen atoms in total. The number of H-pyrrole nitrogens is 1. The number of hydrogen-bond donors (Lipinski definition) is 3. The first-order chi connectivity index (χ1) is 11.4. The monoisotopic (exact) mass is 408 g/mol. The van der Waals surface area contributed by atoms with Crippen molar-refractivity contribution in [3.05, 3.63) is 18.2 Å². The Bertz CT molecular complexity index is 556. The van der Waals surface area contributed by atoms with Gasteiger partial charge >= 0.3 is 5.97 Å². The molecule has 0 aromatic carbocycles. The van der Waals surface area contributed by atoms with Crippen LogP contribution < -0.4 is 5.32 Å². The third-order valence-electron chi connectivity index (χ3n) is 4.86. The molecule has 0 aliphatic carbocycles. The third-order valence-corrected chi connectivity index (χ3v) is 4.86. The highest BCUT2D eigenvalue weighted by Gasteiger charge is 2.39. The number of nitrogens with one attached hydrogen (secondary N) is 2. The summed E-state index contributed by atoms with van der Waals surface area (Å²) in [6.45, 7) is 6.97. The van der Waals surface area contributed by atoms with E-state index in [4.69, 9.17) is 0 Å². The summed E-state index contributed by atoms with van der Waals surface area (Å²) in [6, 6.07) is -0.469. The van der Waals surface area contributed by atoms with Crippen molar-refractivity contribution in [1.82, 2.24) is 20.2 Å². The van der Waals surface area contributed by atoms with Crippen molar-refractivity contribution >= 4 is 36.7 Å². The molecule has 1 saturated heterocycles. The van der Waals surface area contributed by atoms with Crippen LogP contribution in [0.4, 0.5) is 0 Å². The molecule has 1 aliphatic rings. The number of aliphatic carboxylic acids is 1. The average molecular weight is 409 g/mol. The number of imidazole rings is 1. The maximum absolute atomic E-state index is 11.7. The summed E-state index contributed by atoms with van der Waals surface area (Å²) in [5.74, 6) is 0.362. The molecule has 1 aromatic rings. The minimum atomic E-state index is -0.786. The Morgan fingerprint density at radius 1 is 1.46 bits per heavy atom. The van der Waals surface area contributed by atoms with E-state index in [1.165, 1.54) is 6.92 Å². The molecule has 150 valence electrons. The summed E-state index contributed by atoms with van der Waals surface area (Å²) in [6.07, 6.45) is 5.99. The van der Waals surface area contributed by atoms with Crippen LogP contribution >= 0.6 is 24.8 Å². The highest BCUT2D eigenvalue weighted by atomic mass is 35.5. The van der Waals surface area contributed by atoms with Gasteiger partial charge in [0, 0.05) is 44.4 Å². The molecule has 2 heterocycles. The Morgan fingerprint density at radius 2 is 2.15 bits per heavy atom. The lowest BCUT2D eigenvalue weighted by molar-refractivity contribution is -0.142. The molecule has 2 rings (SSSR count). The fraction of sp³-hybridized carbons (Fsp3) is 0.706. The molecule has 0 spiro atoms. The lowest BCUT2D eigenvalue weighted by Crippen LogP contribution is -2.45. The van der Waals surface area contributed by atoms with Crippen LogP contribution in [0.2, 0.25) is 0 Å². The van der Waals surface area contributed by atoms with Gasteiger partial charge in [0.05, 0.1) is 0 Å². The number of hydrogen-bond acceptors (Lipinski definition) is 4. The van der Waals surface area contributed by atoms with E-state index < -0.39 is 12.0 Å². The van der Waals surface area contributed by atoms with E-state index in [0.29, 0.717) is 19.5 Å². The Morgan fingerprint density at radius 3 is 2.65 bits per heavy atom.